The van der Waals surface area contributed by atoms with E-state index in [2.05, 4.69) is 5.32 Å². The summed E-state index contributed by atoms with van der Waals surface area (Å²) in [7, 11) is 0. The minimum absolute atomic E-state index is 0.0803. The molecule has 2 amide bonds. The normalized spacial score (nSPS) is 13.3. The fourth-order valence-corrected chi connectivity index (χ4v) is 3.39. The highest BCUT2D eigenvalue weighted by atomic mass is 16.5. The number of rotatable bonds is 4. The van der Waals surface area contributed by atoms with E-state index in [9.17, 15) is 9.59 Å². The molecule has 0 fully saturated rings. The third kappa shape index (κ3) is 3.99. The first-order valence-corrected chi connectivity index (χ1v) is 9.68. The van der Waals surface area contributed by atoms with E-state index >= 15 is 0 Å². The van der Waals surface area contributed by atoms with Crippen LogP contribution in [0.1, 0.15) is 27.6 Å². The fourth-order valence-electron chi connectivity index (χ4n) is 3.39. The van der Waals surface area contributed by atoms with Crippen LogP contribution < -0.4 is 10.1 Å². The Morgan fingerprint density at radius 3 is 2.45 bits per heavy atom. The van der Waals surface area contributed by atoms with Crippen LogP contribution in [0.2, 0.25) is 0 Å². The lowest BCUT2D eigenvalue weighted by molar-refractivity contribution is 0.0764. The first kappa shape index (κ1) is 18.7. The Hall–Kier alpha value is -3.60. The minimum Gasteiger partial charge on any atom is -0.491 e. The summed E-state index contributed by atoms with van der Waals surface area (Å²) in [6.07, 6.45) is 0. The topological polar surface area (TPSA) is 58.6 Å². The molecule has 1 aliphatic rings. The van der Waals surface area contributed by atoms with Crippen molar-refractivity contribution in [1.29, 1.82) is 0 Å². The number of carbonyl (C=O) groups excluding carboxylic acids is 2. The molecule has 0 spiro atoms. The van der Waals surface area contributed by atoms with Crippen molar-refractivity contribution in [2.75, 3.05) is 25.0 Å². The molecule has 0 atom stereocenters. The van der Waals surface area contributed by atoms with Crippen molar-refractivity contribution in [3.05, 3.63) is 83.9 Å². The number of carbonyl (C=O) groups is 2. The van der Waals surface area contributed by atoms with Crippen LogP contribution in [0.3, 0.4) is 0 Å². The summed E-state index contributed by atoms with van der Waals surface area (Å²) in [4.78, 5) is 27.1. The smallest absolute Gasteiger partial charge is 0.257 e. The predicted molar refractivity (Wildman–Crippen MR) is 113 cm³/mol. The molecule has 5 nitrogen and oxygen atoms in total. The second-order valence-electron chi connectivity index (χ2n) is 6.84. The van der Waals surface area contributed by atoms with E-state index in [0.717, 1.165) is 11.1 Å². The van der Waals surface area contributed by atoms with Gasteiger partial charge in [-0.05, 0) is 48.4 Å². The zero-order valence-electron chi connectivity index (χ0n) is 16.2. The monoisotopic (exact) mass is 386 g/mol. The van der Waals surface area contributed by atoms with Gasteiger partial charge in [0.25, 0.3) is 11.8 Å². The number of nitrogens with zero attached hydrogens (tertiary/aromatic N) is 1. The molecule has 0 saturated carbocycles. The van der Waals surface area contributed by atoms with Gasteiger partial charge in [0.1, 0.15) is 12.4 Å². The second kappa shape index (κ2) is 8.19. The first-order valence-electron chi connectivity index (χ1n) is 9.68. The largest absolute Gasteiger partial charge is 0.491 e. The molecule has 1 aliphatic heterocycles. The molecule has 29 heavy (non-hydrogen) atoms. The number of benzene rings is 3. The molecule has 0 aromatic heterocycles. The summed E-state index contributed by atoms with van der Waals surface area (Å²) in [5.41, 5.74) is 3.74. The number of nitrogens with one attached hydrogen (secondary N) is 1. The number of likely N-dealkylation sites (N-methyl/N-ethyl adjacent to an activating group) is 1. The maximum atomic E-state index is 12.7. The predicted octanol–water partition coefficient (Wildman–Crippen LogP) is 4.46. The zero-order valence-corrected chi connectivity index (χ0v) is 16.2. The van der Waals surface area contributed by atoms with Gasteiger partial charge in [0.15, 0.2) is 0 Å². The molecule has 4 rings (SSSR count). The highest BCUT2D eigenvalue weighted by Crippen LogP contribution is 2.27. The van der Waals surface area contributed by atoms with Crippen LogP contribution >= 0.6 is 0 Å². The third-order valence-corrected chi connectivity index (χ3v) is 5.01. The Bertz CT molecular complexity index is 1030. The number of hydrogen-bond donors (Lipinski definition) is 1. The van der Waals surface area contributed by atoms with Gasteiger partial charge in [0, 0.05) is 17.8 Å². The van der Waals surface area contributed by atoms with Crippen molar-refractivity contribution in [3.8, 4) is 16.9 Å². The van der Waals surface area contributed by atoms with Crippen molar-refractivity contribution >= 4 is 17.5 Å². The molecule has 5 heteroatoms. The Morgan fingerprint density at radius 1 is 1.00 bits per heavy atom. The average Bonchev–Trinajstić information content (AvgIpc) is 2.93. The Balaban J connectivity index is 1.52. The summed E-state index contributed by atoms with van der Waals surface area (Å²) >= 11 is 0. The van der Waals surface area contributed by atoms with Crippen molar-refractivity contribution in [2.45, 2.75) is 6.92 Å². The Labute approximate surface area is 169 Å². The number of amides is 2. The maximum Gasteiger partial charge on any atom is 0.257 e. The second-order valence-corrected chi connectivity index (χ2v) is 6.84. The average molecular weight is 386 g/mol. The van der Waals surface area contributed by atoms with Crippen molar-refractivity contribution in [1.82, 2.24) is 4.90 Å². The Kier molecular flexibility index (Phi) is 5.29. The van der Waals surface area contributed by atoms with E-state index in [-0.39, 0.29) is 11.8 Å². The van der Waals surface area contributed by atoms with Crippen LogP contribution in [-0.2, 0) is 0 Å². The van der Waals surface area contributed by atoms with Crippen molar-refractivity contribution in [2.24, 2.45) is 0 Å². The van der Waals surface area contributed by atoms with Gasteiger partial charge >= 0.3 is 0 Å². The van der Waals surface area contributed by atoms with Crippen LogP contribution in [0.5, 0.6) is 5.75 Å². The van der Waals surface area contributed by atoms with Gasteiger partial charge in [-0.1, -0.05) is 42.5 Å². The molecule has 0 unspecified atom stereocenters. The summed E-state index contributed by atoms with van der Waals surface area (Å²) in [5, 5.41) is 2.88. The zero-order chi connectivity index (χ0) is 20.2. The molecule has 0 bridgehead atoms. The molecular weight excluding hydrogens is 364 g/mol. The Morgan fingerprint density at radius 2 is 1.72 bits per heavy atom. The summed E-state index contributed by atoms with van der Waals surface area (Å²) < 4.78 is 5.68. The number of ether oxygens (including phenoxy) is 1. The van der Waals surface area contributed by atoms with E-state index in [4.69, 9.17) is 4.74 Å². The summed E-state index contributed by atoms with van der Waals surface area (Å²) in [6, 6.07) is 22.6. The van der Waals surface area contributed by atoms with E-state index in [1.807, 2.05) is 49.4 Å². The van der Waals surface area contributed by atoms with Gasteiger partial charge in [0.05, 0.1) is 12.1 Å². The molecular formula is C24H22N2O3. The quantitative estimate of drug-likeness (QED) is 0.720. The molecule has 146 valence electrons. The third-order valence-electron chi connectivity index (χ3n) is 5.01. The van der Waals surface area contributed by atoms with E-state index in [1.165, 1.54) is 0 Å². The van der Waals surface area contributed by atoms with Gasteiger partial charge < -0.3 is 15.0 Å². The minimum atomic E-state index is -0.223. The van der Waals surface area contributed by atoms with Crippen LogP contribution in [0.15, 0.2) is 72.8 Å². The van der Waals surface area contributed by atoms with Crippen molar-refractivity contribution in [3.63, 3.8) is 0 Å². The van der Waals surface area contributed by atoms with Gasteiger partial charge in [-0.25, -0.2) is 0 Å². The number of hydrogen-bond acceptors (Lipinski definition) is 3. The lowest BCUT2D eigenvalue weighted by atomic mass is 10.0. The summed E-state index contributed by atoms with van der Waals surface area (Å²) in [6.45, 7) is 3.57. The molecule has 3 aromatic carbocycles. The van der Waals surface area contributed by atoms with E-state index in [0.29, 0.717) is 42.3 Å². The highest BCUT2D eigenvalue weighted by molar-refractivity contribution is 6.05. The molecule has 0 radical (unpaired) electrons. The van der Waals surface area contributed by atoms with Gasteiger partial charge in [-0.15, -0.1) is 0 Å². The molecule has 3 aromatic rings. The SMILES string of the molecule is CCN1CCOc2ccc(NC(=O)c3ccc(-c4ccccc4)cc3)cc2C1=O. The van der Waals surface area contributed by atoms with E-state index in [1.54, 1.807) is 35.2 Å². The number of fused-ring (bicyclic) bond motifs is 1. The van der Waals surface area contributed by atoms with Crippen LogP contribution in [0.4, 0.5) is 5.69 Å². The summed E-state index contributed by atoms with van der Waals surface area (Å²) in [5.74, 6) is 0.248. The number of anilines is 1. The lowest BCUT2D eigenvalue weighted by Gasteiger charge is -2.17. The molecule has 1 N–H and O–H groups in total. The van der Waals surface area contributed by atoms with Gasteiger partial charge in [0.2, 0.25) is 0 Å². The van der Waals surface area contributed by atoms with Gasteiger partial charge in [-0.3, -0.25) is 9.59 Å². The van der Waals surface area contributed by atoms with Crippen molar-refractivity contribution < 1.29 is 14.3 Å². The van der Waals surface area contributed by atoms with Crippen LogP contribution in [0, 0.1) is 0 Å². The molecule has 1 heterocycles. The standard InChI is InChI=1S/C24H22N2O3/c1-2-26-14-15-29-22-13-12-20(16-21(22)24(26)28)25-23(27)19-10-8-18(9-11-19)17-6-4-3-5-7-17/h3-13,16H,2,14-15H2,1H3,(H,25,27). The fraction of sp³-hybridized carbons (Fsp3) is 0.167. The maximum absolute atomic E-state index is 12.7. The lowest BCUT2D eigenvalue weighted by Crippen LogP contribution is -2.32. The van der Waals surface area contributed by atoms with Crippen LogP contribution in [-0.4, -0.2) is 36.4 Å². The molecule has 0 aliphatic carbocycles. The van der Waals surface area contributed by atoms with Crippen LogP contribution in [0.25, 0.3) is 11.1 Å². The molecule has 0 saturated heterocycles. The van der Waals surface area contributed by atoms with E-state index < -0.39 is 0 Å². The first-order chi connectivity index (χ1) is 14.2. The highest BCUT2D eigenvalue weighted by Gasteiger charge is 2.23. The van der Waals surface area contributed by atoms with Gasteiger partial charge in [-0.2, -0.15) is 0 Å².